The lowest BCUT2D eigenvalue weighted by atomic mass is 9.80. The third kappa shape index (κ3) is 4.64. The van der Waals surface area contributed by atoms with Gasteiger partial charge in [-0.15, -0.1) is 0 Å². The first-order chi connectivity index (χ1) is 8.22. The van der Waals surface area contributed by atoms with E-state index in [4.69, 9.17) is 0 Å². The fourth-order valence-electron chi connectivity index (χ4n) is 2.13. The number of hydrogen-bond acceptors (Lipinski definition) is 0. The molecule has 1 unspecified atom stereocenters. The van der Waals surface area contributed by atoms with Crippen molar-refractivity contribution in [2.45, 2.75) is 48.0 Å². The van der Waals surface area contributed by atoms with Gasteiger partial charge < -0.3 is 0 Å². The molecule has 0 radical (unpaired) electrons. The summed E-state index contributed by atoms with van der Waals surface area (Å²) in [6.07, 6.45) is 2.53. The Labute approximate surface area is 112 Å². The first kappa shape index (κ1) is 16.9. The van der Waals surface area contributed by atoms with Crippen molar-refractivity contribution >= 4 is 0 Å². The highest BCUT2D eigenvalue weighted by Crippen LogP contribution is 2.32. The standard InChI is InChI=1S/C17H27F/c1-9-16(15(8)18)10-17(12(4)5)14(7)13(6)11(2)3/h9,12,17H,2,8,10H2,1,3-7H3/b14-13+,16-9-. The fourth-order valence-corrected chi connectivity index (χ4v) is 2.13. The lowest BCUT2D eigenvalue weighted by molar-refractivity contribution is 0.431. The zero-order valence-electron chi connectivity index (χ0n) is 12.7. The Morgan fingerprint density at radius 1 is 1.17 bits per heavy atom. The van der Waals surface area contributed by atoms with E-state index in [1.165, 1.54) is 11.1 Å². The molecule has 0 heterocycles. The van der Waals surface area contributed by atoms with E-state index in [0.29, 0.717) is 23.8 Å². The number of rotatable bonds is 6. The molecule has 0 saturated heterocycles. The molecular formula is C17H27F. The molecule has 0 aliphatic carbocycles. The van der Waals surface area contributed by atoms with Crippen molar-refractivity contribution < 1.29 is 4.39 Å². The molecule has 0 saturated carbocycles. The first-order valence-electron chi connectivity index (χ1n) is 6.55. The van der Waals surface area contributed by atoms with Crippen molar-refractivity contribution in [3.8, 4) is 0 Å². The summed E-state index contributed by atoms with van der Waals surface area (Å²) >= 11 is 0. The highest BCUT2D eigenvalue weighted by molar-refractivity contribution is 5.32. The van der Waals surface area contributed by atoms with Gasteiger partial charge in [-0.2, -0.15) is 0 Å². The number of allylic oxidation sites excluding steroid dienone is 6. The topological polar surface area (TPSA) is 0 Å². The van der Waals surface area contributed by atoms with E-state index in [1.54, 1.807) is 0 Å². The summed E-state index contributed by atoms with van der Waals surface area (Å²) in [7, 11) is 0. The van der Waals surface area contributed by atoms with E-state index in [1.807, 2.05) is 19.9 Å². The molecule has 0 amide bonds. The highest BCUT2D eigenvalue weighted by Gasteiger charge is 2.19. The lowest BCUT2D eigenvalue weighted by Gasteiger charge is -2.25. The van der Waals surface area contributed by atoms with E-state index in [9.17, 15) is 4.39 Å². The number of hydrogen-bond donors (Lipinski definition) is 0. The molecule has 0 aliphatic rings. The maximum atomic E-state index is 13.3. The monoisotopic (exact) mass is 250 g/mol. The molecule has 0 bridgehead atoms. The van der Waals surface area contributed by atoms with E-state index < -0.39 is 0 Å². The summed E-state index contributed by atoms with van der Waals surface area (Å²) < 4.78 is 13.3. The number of halogens is 1. The Hall–Kier alpha value is -1.11. The van der Waals surface area contributed by atoms with E-state index in [-0.39, 0.29) is 5.83 Å². The van der Waals surface area contributed by atoms with Gasteiger partial charge in [0.1, 0.15) is 5.83 Å². The molecule has 0 aromatic carbocycles. The summed E-state index contributed by atoms with van der Waals surface area (Å²) in [4.78, 5) is 0. The third-order valence-electron chi connectivity index (χ3n) is 3.73. The van der Waals surface area contributed by atoms with Gasteiger partial charge in [-0.1, -0.05) is 44.2 Å². The van der Waals surface area contributed by atoms with Crippen LogP contribution in [-0.4, -0.2) is 0 Å². The third-order valence-corrected chi connectivity index (χ3v) is 3.73. The van der Waals surface area contributed by atoms with Crippen molar-refractivity contribution in [1.29, 1.82) is 0 Å². The van der Waals surface area contributed by atoms with Crippen LogP contribution < -0.4 is 0 Å². The molecule has 1 heteroatoms. The molecule has 0 spiro atoms. The Bertz CT molecular complexity index is 380. The summed E-state index contributed by atoms with van der Waals surface area (Å²) in [6.45, 7) is 19.8. The SMILES string of the molecule is C=C(F)/C(=C\C)CC(/C(C)=C(\C)C(=C)C)C(C)C. The molecule has 0 rings (SSSR count). The predicted octanol–water partition coefficient (Wildman–Crippen LogP) is 5.99. The highest BCUT2D eigenvalue weighted by atomic mass is 19.1. The molecule has 18 heavy (non-hydrogen) atoms. The van der Waals surface area contributed by atoms with Crippen molar-refractivity contribution in [3.63, 3.8) is 0 Å². The first-order valence-corrected chi connectivity index (χ1v) is 6.55. The minimum atomic E-state index is -0.316. The molecule has 0 fully saturated rings. The van der Waals surface area contributed by atoms with Gasteiger partial charge in [0.15, 0.2) is 0 Å². The normalized spacial score (nSPS) is 15.4. The fraction of sp³-hybridized carbons (Fsp3) is 0.529. The maximum Gasteiger partial charge on any atom is 0.118 e. The molecule has 0 nitrogen and oxygen atoms in total. The quantitative estimate of drug-likeness (QED) is 0.508. The maximum absolute atomic E-state index is 13.3. The lowest BCUT2D eigenvalue weighted by Crippen LogP contribution is -2.13. The van der Waals surface area contributed by atoms with Gasteiger partial charge in [0.2, 0.25) is 0 Å². The summed E-state index contributed by atoms with van der Waals surface area (Å²) in [5.74, 6) is 0.484. The summed E-state index contributed by atoms with van der Waals surface area (Å²) in [5, 5.41) is 0. The van der Waals surface area contributed by atoms with Crippen LogP contribution in [0.25, 0.3) is 0 Å². The van der Waals surface area contributed by atoms with Crippen LogP contribution in [0.15, 0.2) is 47.4 Å². The van der Waals surface area contributed by atoms with Gasteiger partial charge in [0, 0.05) is 0 Å². The predicted molar refractivity (Wildman–Crippen MR) is 80.1 cm³/mol. The smallest absolute Gasteiger partial charge is 0.118 e. The Morgan fingerprint density at radius 2 is 1.67 bits per heavy atom. The molecule has 0 N–H and O–H groups in total. The van der Waals surface area contributed by atoms with Gasteiger partial charge in [-0.05, 0) is 57.1 Å². The van der Waals surface area contributed by atoms with E-state index in [2.05, 4.69) is 40.9 Å². The van der Waals surface area contributed by atoms with E-state index in [0.717, 1.165) is 5.57 Å². The van der Waals surface area contributed by atoms with Crippen LogP contribution >= 0.6 is 0 Å². The molecule has 1 atom stereocenters. The van der Waals surface area contributed by atoms with Crippen molar-refractivity contribution in [2.75, 3.05) is 0 Å². The van der Waals surface area contributed by atoms with E-state index >= 15 is 0 Å². The van der Waals surface area contributed by atoms with Gasteiger partial charge in [0.25, 0.3) is 0 Å². The van der Waals surface area contributed by atoms with Crippen molar-refractivity contribution in [3.05, 3.63) is 47.4 Å². The van der Waals surface area contributed by atoms with Gasteiger partial charge >= 0.3 is 0 Å². The zero-order valence-corrected chi connectivity index (χ0v) is 12.7. The second-order valence-electron chi connectivity index (χ2n) is 5.36. The molecule has 0 aromatic rings. The molecular weight excluding hydrogens is 223 g/mol. The second kappa shape index (κ2) is 7.35. The van der Waals surface area contributed by atoms with Gasteiger partial charge in [-0.25, -0.2) is 4.39 Å². The van der Waals surface area contributed by atoms with Crippen LogP contribution in [-0.2, 0) is 0 Å². The Kier molecular flexibility index (Phi) is 6.90. The average molecular weight is 250 g/mol. The largest absolute Gasteiger partial charge is 0.207 e. The van der Waals surface area contributed by atoms with Gasteiger partial charge in [-0.3, -0.25) is 0 Å². The molecule has 102 valence electrons. The zero-order chi connectivity index (χ0) is 14.5. The second-order valence-corrected chi connectivity index (χ2v) is 5.36. The average Bonchev–Trinajstić information content (AvgIpc) is 2.27. The van der Waals surface area contributed by atoms with Crippen LogP contribution in [0.1, 0.15) is 48.0 Å². The minimum absolute atomic E-state index is 0.316. The van der Waals surface area contributed by atoms with Crippen LogP contribution in [0.4, 0.5) is 4.39 Å². The van der Waals surface area contributed by atoms with Crippen LogP contribution in [0.2, 0.25) is 0 Å². The van der Waals surface area contributed by atoms with Crippen LogP contribution in [0.5, 0.6) is 0 Å². The molecule has 0 aromatic heterocycles. The summed E-state index contributed by atoms with van der Waals surface area (Å²) in [6, 6.07) is 0. The van der Waals surface area contributed by atoms with Crippen molar-refractivity contribution in [2.24, 2.45) is 11.8 Å². The Balaban J connectivity index is 5.30. The molecule has 0 aliphatic heterocycles. The van der Waals surface area contributed by atoms with Crippen LogP contribution in [0, 0.1) is 11.8 Å². The summed E-state index contributed by atoms with van der Waals surface area (Å²) in [5.41, 5.74) is 4.33. The van der Waals surface area contributed by atoms with Crippen LogP contribution in [0.3, 0.4) is 0 Å². The van der Waals surface area contributed by atoms with Gasteiger partial charge in [0.05, 0.1) is 0 Å². The minimum Gasteiger partial charge on any atom is -0.207 e. The van der Waals surface area contributed by atoms with Crippen molar-refractivity contribution in [1.82, 2.24) is 0 Å². The Morgan fingerprint density at radius 3 is 1.94 bits per heavy atom.